The number of hydrogen-bond acceptors (Lipinski definition) is 4. The van der Waals surface area contributed by atoms with Gasteiger partial charge in [0.25, 0.3) is 5.69 Å². The van der Waals surface area contributed by atoms with Crippen molar-refractivity contribution in [1.82, 2.24) is 9.97 Å². The molecule has 0 bridgehead atoms. The van der Waals surface area contributed by atoms with E-state index in [0.29, 0.717) is 9.13 Å². The smallest absolute Gasteiger partial charge is 0.258 e. The average molecular weight is 396 g/mol. The molecule has 8 heteroatoms. The van der Waals surface area contributed by atoms with Gasteiger partial charge in [0, 0.05) is 17.7 Å². The zero-order valence-corrected chi connectivity index (χ0v) is 12.3. The molecular formula is C10H4Cl2IN3O2. The van der Waals surface area contributed by atoms with Crippen LogP contribution in [0.1, 0.15) is 0 Å². The van der Waals surface area contributed by atoms with Crippen molar-refractivity contribution < 1.29 is 4.92 Å². The summed E-state index contributed by atoms with van der Waals surface area (Å²) in [6.45, 7) is 0. The number of halogens is 3. The lowest BCUT2D eigenvalue weighted by Gasteiger charge is -2.03. The molecule has 0 saturated heterocycles. The maximum Gasteiger partial charge on any atom is 0.270 e. The molecule has 5 nitrogen and oxygen atoms in total. The number of nitro groups is 1. The number of aromatic nitrogens is 2. The Kier molecular flexibility index (Phi) is 3.98. The van der Waals surface area contributed by atoms with Crippen molar-refractivity contribution in [2.24, 2.45) is 0 Å². The molecule has 0 spiro atoms. The largest absolute Gasteiger partial charge is 0.270 e. The third kappa shape index (κ3) is 2.70. The van der Waals surface area contributed by atoms with E-state index in [9.17, 15) is 10.1 Å². The first kappa shape index (κ1) is 13.4. The van der Waals surface area contributed by atoms with Gasteiger partial charge in [0.15, 0.2) is 5.82 Å². The van der Waals surface area contributed by atoms with Crippen molar-refractivity contribution in [1.29, 1.82) is 0 Å². The first-order valence-electron chi connectivity index (χ1n) is 4.62. The summed E-state index contributed by atoms with van der Waals surface area (Å²) in [6.07, 6.45) is 0. The van der Waals surface area contributed by atoms with Crippen molar-refractivity contribution in [2.75, 3.05) is 0 Å². The van der Waals surface area contributed by atoms with E-state index in [4.69, 9.17) is 23.2 Å². The summed E-state index contributed by atoms with van der Waals surface area (Å²) in [6, 6.07) is 5.97. The molecule has 0 saturated carbocycles. The number of nitrogens with zero attached hydrogens (tertiary/aromatic N) is 3. The Bertz CT molecular complexity index is 613. The van der Waals surface area contributed by atoms with Gasteiger partial charge in [0.2, 0.25) is 0 Å². The van der Waals surface area contributed by atoms with E-state index in [0.717, 1.165) is 0 Å². The van der Waals surface area contributed by atoms with Gasteiger partial charge in [-0.1, -0.05) is 35.3 Å². The highest BCUT2D eigenvalue weighted by Crippen LogP contribution is 2.28. The van der Waals surface area contributed by atoms with Crippen LogP contribution in [0.25, 0.3) is 11.4 Å². The van der Waals surface area contributed by atoms with Gasteiger partial charge < -0.3 is 0 Å². The highest BCUT2D eigenvalue weighted by molar-refractivity contribution is 14.1. The van der Waals surface area contributed by atoms with Crippen LogP contribution in [0, 0.1) is 13.7 Å². The molecule has 18 heavy (non-hydrogen) atoms. The van der Waals surface area contributed by atoms with Gasteiger partial charge in [-0.2, -0.15) is 0 Å². The number of non-ortho nitro benzene ring substituents is 1. The molecule has 0 aliphatic carbocycles. The molecule has 0 N–H and O–H groups in total. The predicted octanol–water partition coefficient (Wildman–Crippen LogP) is 3.96. The van der Waals surface area contributed by atoms with Crippen LogP contribution in [-0.2, 0) is 0 Å². The van der Waals surface area contributed by atoms with Crippen molar-refractivity contribution in [3.05, 3.63) is 48.3 Å². The van der Waals surface area contributed by atoms with Gasteiger partial charge in [-0.15, -0.1) is 0 Å². The van der Waals surface area contributed by atoms with E-state index in [1.165, 1.54) is 12.1 Å². The third-order valence-electron chi connectivity index (χ3n) is 2.09. The first-order valence-corrected chi connectivity index (χ1v) is 6.46. The Balaban J connectivity index is 2.55. The first-order chi connectivity index (χ1) is 8.49. The highest BCUT2D eigenvalue weighted by atomic mass is 127. The summed E-state index contributed by atoms with van der Waals surface area (Å²) < 4.78 is 0.546. The monoisotopic (exact) mass is 395 g/mol. The van der Waals surface area contributed by atoms with Gasteiger partial charge in [-0.3, -0.25) is 10.1 Å². The number of rotatable bonds is 2. The molecular weight excluding hydrogens is 392 g/mol. The minimum Gasteiger partial charge on any atom is -0.258 e. The van der Waals surface area contributed by atoms with E-state index in [2.05, 4.69) is 9.97 Å². The minimum absolute atomic E-state index is 0.0399. The lowest BCUT2D eigenvalue weighted by Crippen LogP contribution is -1.95. The van der Waals surface area contributed by atoms with E-state index in [-0.39, 0.29) is 21.8 Å². The molecule has 0 aliphatic rings. The SMILES string of the molecule is O=[N+]([O-])c1cccc(-c2nc(Cl)c(I)c(Cl)n2)c1. The van der Waals surface area contributed by atoms with Gasteiger partial charge in [0.1, 0.15) is 10.3 Å². The standard InChI is InChI=1S/C10H4Cl2IN3O2/c11-8-7(13)9(12)15-10(14-8)5-2-1-3-6(4-5)16(17)18/h1-4H. The molecule has 2 aromatic rings. The number of nitro benzene ring substituents is 1. The van der Waals surface area contributed by atoms with Gasteiger partial charge in [-0.25, -0.2) is 9.97 Å². The molecule has 0 radical (unpaired) electrons. The predicted molar refractivity (Wildman–Crippen MR) is 76.9 cm³/mol. The maximum atomic E-state index is 10.7. The summed E-state index contributed by atoms with van der Waals surface area (Å²) >= 11 is 13.7. The Morgan fingerprint density at radius 2 is 1.83 bits per heavy atom. The normalized spacial score (nSPS) is 10.4. The Labute approximate surface area is 125 Å². The van der Waals surface area contributed by atoms with Gasteiger partial charge in [0.05, 0.1) is 8.49 Å². The van der Waals surface area contributed by atoms with Crippen LogP contribution in [0.2, 0.25) is 10.3 Å². The molecule has 0 fully saturated rings. The van der Waals surface area contributed by atoms with Crippen LogP contribution in [0.4, 0.5) is 5.69 Å². The summed E-state index contributed by atoms with van der Waals surface area (Å²) in [5.74, 6) is 0.258. The molecule has 92 valence electrons. The van der Waals surface area contributed by atoms with Crippen LogP contribution in [0.3, 0.4) is 0 Å². The fraction of sp³-hybridized carbons (Fsp3) is 0. The fourth-order valence-electron chi connectivity index (χ4n) is 1.28. The maximum absolute atomic E-state index is 10.7. The quantitative estimate of drug-likeness (QED) is 0.334. The van der Waals surface area contributed by atoms with Gasteiger partial charge in [-0.05, 0) is 22.6 Å². The van der Waals surface area contributed by atoms with Crippen molar-refractivity contribution >= 4 is 51.5 Å². The lowest BCUT2D eigenvalue weighted by molar-refractivity contribution is -0.384. The second-order valence-electron chi connectivity index (χ2n) is 3.25. The second-order valence-corrected chi connectivity index (χ2v) is 5.05. The molecule has 1 heterocycles. The molecule has 1 aromatic heterocycles. The van der Waals surface area contributed by atoms with Crippen LogP contribution >= 0.6 is 45.8 Å². The molecule has 0 atom stereocenters. The Hall–Kier alpha value is -0.990. The molecule has 0 amide bonds. The summed E-state index contributed by atoms with van der Waals surface area (Å²) in [4.78, 5) is 18.3. The van der Waals surface area contributed by atoms with E-state index >= 15 is 0 Å². The average Bonchev–Trinajstić information content (AvgIpc) is 2.35. The van der Waals surface area contributed by atoms with Crippen LogP contribution < -0.4 is 0 Å². The topological polar surface area (TPSA) is 68.9 Å². The lowest BCUT2D eigenvalue weighted by atomic mass is 10.2. The van der Waals surface area contributed by atoms with E-state index in [1.54, 1.807) is 12.1 Å². The zero-order valence-electron chi connectivity index (χ0n) is 8.60. The Morgan fingerprint density at radius 1 is 1.22 bits per heavy atom. The molecule has 1 aromatic carbocycles. The summed E-state index contributed by atoms with van der Waals surface area (Å²) in [7, 11) is 0. The van der Waals surface area contributed by atoms with Crippen molar-refractivity contribution in [3.8, 4) is 11.4 Å². The van der Waals surface area contributed by atoms with E-state index in [1.807, 2.05) is 22.6 Å². The van der Waals surface area contributed by atoms with Crippen LogP contribution in [0.15, 0.2) is 24.3 Å². The zero-order chi connectivity index (χ0) is 13.3. The van der Waals surface area contributed by atoms with Crippen LogP contribution in [-0.4, -0.2) is 14.9 Å². The van der Waals surface area contributed by atoms with Crippen molar-refractivity contribution in [3.63, 3.8) is 0 Å². The highest BCUT2D eigenvalue weighted by Gasteiger charge is 2.13. The summed E-state index contributed by atoms with van der Waals surface area (Å²) in [5, 5.41) is 11.1. The third-order valence-corrected chi connectivity index (χ3v) is 4.29. The molecule has 0 aliphatic heterocycles. The van der Waals surface area contributed by atoms with Crippen LogP contribution in [0.5, 0.6) is 0 Å². The van der Waals surface area contributed by atoms with E-state index < -0.39 is 4.92 Å². The number of benzene rings is 1. The fourth-order valence-corrected chi connectivity index (χ4v) is 1.91. The second kappa shape index (κ2) is 5.33. The minimum atomic E-state index is -0.487. The van der Waals surface area contributed by atoms with Crippen molar-refractivity contribution in [2.45, 2.75) is 0 Å². The number of hydrogen-bond donors (Lipinski definition) is 0. The van der Waals surface area contributed by atoms with Gasteiger partial charge >= 0.3 is 0 Å². The summed E-state index contributed by atoms with van der Waals surface area (Å²) in [5.41, 5.74) is 0.450. The molecule has 2 rings (SSSR count). The molecule has 0 unspecified atom stereocenters. The Morgan fingerprint density at radius 3 is 2.39 bits per heavy atom.